The molecular formula is C13H15N3O. The fourth-order valence-electron chi connectivity index (χ4n) is 1.63. The minimum absolute atomic E-state index is 0.0188. The molecule has 4 nitrogen and oxygen atoms in total. The van der Waals surface area contributed by atoms with E-state index < -0.39 is 0 Å². The van der Waals surface area contributed by atoms with Gasteiger partial charge < -0.3 is 10.3 Å². The molecule has 1 aromatic heterocycles. The molecular weight excluding hydrogens is 214 g/mol. The maximum absolute atomic E-state index is 11.4. The van der Waals surface area contributed by atoms with Gasteiger partial charge in [-0.1, -0.05) is 18.2 Å². The molecule has 1 amide bonds. The van der Waals surface area contributed by atoms with Gasteiger partial charge in [-0.15, -0.1) is 6.58 Å². The Hall–Kier alpha value is -2.10. The largest absolute Gasteiger partial charge is 0.353 e. The van der Waals surface area contributed by atoms with Crippen LogP contribution in [0.15, 0.2) is 36.9 Å². The molecule has 0 aliphatic rings. The number of aryl methyl sites for hydroxylation is 1. The van der Waals surface area contributed by atoms with Crippen LogP contribution in [0, 0.1) is 0 Å². The summed E-state index contributed by atoms with van der Waals surface area (Å²) in [7, 11) is 0. The van der Waals surface area contributed by atoms with E-state index in [1.807, 2.05) is 24.3 Å². The molecule has 0 unspecified atom stereocenters. The minimum atomic E-state index is 0.0188. The van der Waals surface area contributed by atoms with Crippen molar-refractivity contribution < 1.29 is 4.79 Å². The highest BCUT2D eigenvalue weighted by Gasteiger charge is 2.05. The van der Waals surface area contributed by atoms with Crippen LogP contribution in [0.1, 0.15) is 12.2 Å². The summed E-state index contributed by atoms with van der Waals surface area (Å²) in [4.78, 5) is 19.0. The van der Waals surface area contributed by atoms with Crippen LogP contribution in [-0.2, 0) is 11.2 Å². The number of aromatic nitrogens is 2. The molecule has 17 heavy (non-hydrogen) atoms. The highest BCUT2D eigenvalue weighted by atomic mass is 16.1. The number of nitrogens with zero attached hydrogens (tertiary/aromatic N) is 1. The van der Waals surface area contributed by atoms with Crippen LogP contribution in [0.2, 0.25) is 0 Å². The Morgan fingerprint density at radius 2 is 2.29 bits per heavy atom. The topological polar surface area (TPSA) is 57.8 Å². The lowest BCUT2D eigenvalue weighted by atomic mass is 10.3. The molecule has 2 rings (SSSR count). The molecule has 0 bridgehead atoms. The van der Waals surface area contributed by atoms with E-state index in [0.717, 1.165) is 16.9 Å². The first-order valence-corrected chi connectivity index (χ1v) is 5.61. The number of benzene rings is 1. The summed E-state index contributed by atoms with van der Waals surface area (Å²) in [6.07, 6.45) is 2.73. The molecule has 0 fully saturated rings. The normalized spacial score (nSPS) is 10.4. The zero-order chi connectivity index (χ0) is 12.1. The first-order valence-electron chi connectivity index (χ1n) is 5.61. The van der Waals surface area contributed by atoms with Crippen LogP contribution >= 0.6 is 0 Å². The summed E-state index contributed by atoms with van der Waals surface area (Å²) in [6, 6.07) is 7.83. The first kappa shape index (κ1) is 11.4. The van der Waals surface area contributed by atoms with Crippen molar-refractivity contribution in [3.63, 3.8) is 0 Å². The second-order valence-electron chi connectivity index (χ2n) is 3.79. The number of rotatable bonds is 5. The molecule has 0 saturated carbocycles. The maximum Gasteiger partial charge on any atom is 0.220 e. The van der Waals surface area contributed by atoms with Crippen molar-refractivity contribution in [2.75, 3.05) is 6.54 Å². The Balaban J connectivity index is 1.94. The lowest BCUT2D eigenvalue weighted by molar-refractivity contribution is -0.120. The molecule has 2 aromatic rings. The van der Waals surface area contributed by atoms with Gasteiger partial charge in [0.2, 0.25) is 5.91 Å². The number of H-pyrrole nitrogens is 1. The van der Waals surface area contributed by atoms with E-state index in [1.54, 1.807) is 6.08 Å². The summed E-state index contributed by atoms with van der Waals surface area (Å²) >= 11 is 0. The molecule has 4 heteroatoms. The van der Waals surface area contributed by atoms with Gasteiger partial charge in [-0.2, -0.15) is 0 Å². The molecule has 0 spiro atoms. The number of carbonyl (C=O) groups excluding carboxylic acids is 1. The van der Waals surface area contributed by atoms with E-state index in [-0.39, 0.29) is 5.91 Å². The number of fused-ring (bicyclic) bond motifs is 1. The number of carbonyl (C=O) groups is 1. The molecule has 0 aliphatic carbocycles. The number of imidazole rings is 1. The summed E-state index contributed by atoms with van der Waals surface area (Å²) in [5, 5.41) is 2.74. The highest BCUT2D eigenvalue weighted by Crippen LogP contribution is 2.11. The Bertz CT molecular complexity index is 497. The number of nitrogens with one attached hydrogen (secondary N) is 2. The fourth-order valence-corrected chi connectivity index (χ4v) is 1.63. The molecule has 1 aromatic carbocycles. The van der Waals surface area contributed by atoms with E-state index in [9.17, 15) is 4.79 Å². The molecule has 0 radical (unpaired) electrons. The predicted molar refractivity (Wildman–Crippen MR) is 67.6 cm³/mol. The van der Waals surface area contributed by atoms with E-state index in [4.69, 9.17) is 0 Å². The third-order valence-electron chi connectivity index (χ3n) is 2.47. The number of hydrogen-bond donors (Lipinski definition) is 2. The monoisotopic (exact) mass is 229 g/mol. The fraction of sp³-hybridized carbons (Fsp3) is 0.231. The molecule has 0 aliphatic heterocycles. The van der Waals surface area contributed by atoms with Crippen LogP contribution in [0.4, 0.5) is 0 Å². The average Bonchev–Trinajstić information content (AvgIpc) is 2.76. The molecule has 88 valence electrons. The molecule has 0 atom stereocenters. The second kappa shape index (κ2) is 5.30. The lowest BCUT2D eigenvalue weighted by Crippen LogP contribution is -2.23. The summed E-state index contributed by atoms with van der Waals surface area (Å²) in [5.41, 5.74) is 1.95. The number of hydrogen-bond acceptors (Lipinski definition) is 2. The third-order valence-corrected chi connectivity index (χ3v) is 2.47. The van der Waals surface area contributed by atoms with E-state index in [0.29, 0.717) is 19.4 Å². The molecule has 0 saturated heterocycles. The predicted octanol–water partition coefficient (Wildman–Crippen LogP) is 1.80. The van der Waals surface area contributed by atoms with Crippen molar-refractivity contribution in [3.05, 3.63) is 42.7 Å². The van der Waals surface area contributed by atoms with Gasteiger partial charge in [0.1, 0.15) is 5.82 Å². The van der Waals surface area contributed by atoms with Gasteiger partial charge in [-0.25, -0.2) is 4.98 Å². The second-order valence-corrected chi connectivity index (χ2v) is 3.79. The van der Waals surface area contributed by atoms with Crippen LogP contribution in [-0.4, -0.2) is 22.4 Å². The van der Waals surface area contributed by atoms with Crippen LogP contribution < -0.4 is 5.32 Å². The minimum Gasteiger partial charge on any atom is -0.353 e. The van der Waals surface area contributed by atoms with E-state index in [1.165, 1.54) is 0 Å². The van der Waals surface area contributed by atoms with Crippen LogP contribution in [0.5, 0.6) is 0 Å². The molecule has 1 heterocycles. The van der Waals surface area contributed by atoms with E-state index in [2.05, 4.69) is 21.9 Å². The van der Waals surface area contributed by atoms with Gasteiger partial charge in [0.25, 0.3) is 0 Å². The number of aromatic amines is 1. The smallest absolute Gasteiger partial charge is 0.220 e. The van der Waals surface area contributed by atoms with Crippen molar-refractivity contribution in [2.24, 2.45) is 0 Å². The van der Waals surface area contributed by atoms with E-state index >= 15 is 0 Å². The van der Waals surface area contributed by atoms with Crippen molar-refractivity contribution in [2.45, 2.75) is 12.8 Å². The van der Waals surface area contributed by atoms with Crippen molar-refractivity contribution in [3.8, 4) is 0 Å². The number of amides is 1. The average molecular weight is 229 g/mol. The SMILES string of the molecule is C=CCNC(=O)CCc1nc2ccccc2[nH]1. The van der Waals surface area contributed by atoms with Crippen molar-refractivity contribution >= 4 is 16.9 Å². The first-order chi connectivity index (χ1) is 8.29. The lowest BCUT2D eigenvalue weighted by Gasteiger charge is -1.99. The van der Waals surface area contributed by atoms with Crippen molar-refractivity contribution in [1.82, 2.24) is 15.3 Å². The van der Waals surface area contributed by atoms with Crippen LogP contribution in [0.25, 0.3) is 11.0 Å². The van der Waals surface area contributed by atoms with Gasteiger partial charge in [-0.05, 0) is 12.1 Å². The molecule has 2 N–H and O–H groups in total. The zero-order valence-corrected chi connectivity index (χ0v) is 9.57. The zero-order valence-electron chi connectivity index (χ0n) is 9.57. The Kier molecular flexibility index (Phi) is 3.55. The van der Waals surface area contributed by atoms with Crippen LogP contribution in [0.3, 0.4) is 0 Å². The Labute approximate surface area is 99.8 Å². The maximum atomic E-state index is 11.4. The summed E-state index contributed by atoms with van der Waals surface area (Å²) < 4.78 is 0. The van der Waals surface area contributed by atoms with Crippen molar-refractivity contribution in [1.29, 1.82) is 0 Å². The summed E-state index contributed by atoms with van der Waals surface area (Å²) in [5.74, 6) is 0.866. The third kappa shape index (κ3) is 2.93. The Morgan fingerprint density at radius 3 is 3.06 bits per heavy atom. The van der Waals surface area contributed by atoms with Gasteiger partial charge in [-0.3, -0.25) is 4.79 Å². The van der Waals surface area contributed by atoms with Gasteiger partial charge in [0.15, 0.2) is 0 Å². The van der Waals surface area contributed by atoms with Gasteiger partial charge >= 0.3 is 0 Å². The van der Waals surface area contributed by atoms with Gasteiger partial charge in [0.05, 0.1) is 11.0 Å². The quantitative estimate of drug-likeness (QED) is 0.768. The van der Waals surface area contributed by atoms with Gasteiger partial charge in [0, 0.05) is 19.4 Å². The summed E-state index contributed by atoms with van der Waals surface area (Å²) in [6.45, 7) is 4.06. The Morgan fingerprint density at radius 1 is 1.47 bits per heavy atom. The highest BCUT2D eigenvalue weighted by molar-refractivity contribution is 5.77. The standard InChI is InChI=1S/C13H15N3O/c1-2-9-14-13(17)8-7-12-15-10-5-3-4-6-11(10)16-12/h2-6H,1,7-9H2,(H,14,17)(H,15,16). The number of para-hydroxylation sites is 2.